The summed E-state index contributed by atoms with van der Waals surface area (Å²) >= 11 is 0. The predicted molar refractivity (Wildman–Crippen MR) is 95.1 cm³/mol. The number of aromatic nitrogens is 2. The van der Waals surface area contributed by atoms with Crippen LogP contribution < -0.4 is 22.1 Å². The molecule has 1 aliphatic rings. The fraction of sp³-hybridized carbons (Fsp3) is 0.294. The van der Waals surface area contributed by atoms with Crippen LogP contribution in [0.25, 0.3) is 0 Å². The fourth-order valence-corrected chi connectivity index (χ4v) is 2.66. The van der Waals surface area contributed by atoms with Crippen LogP contribution in [0.5, 0.6) is 0 Å². The van der Waals surface area contributed by atoms with Gasteiger partial charge in [-0.3, -0.25) is 0 Å². The van der Waals surface area contributed by atoms with E-state index < -0.39 is 5.60 Å². The molecule has 7 N–H and O–H groups in total. The van der Waals surface area contributed by atoms with Crippen molar-refractivity contribution in [2.24, 2.45) is 0 Å². The minimum atomic E-state index is -0.939. The Morgan fingerprint density at radius 1 is 1.29 bits per heavy atom. The third-order valence-corrected chi connectivity index (χ3v) is 4.29. The van der Waals surface area contributed by atoms with Crippen molar-refractivity contribution in [2.45, 2.75) is 18.4 Å². The summed E-state index contributed by atoms with van der Waals surface area (Å²) in [5, 5.41) is 16.7. The molecule has 1 aromatic carbocycles. The van der Waals surface area contributed by atoms with Gasteiger partial charge in [-0.25, -0.2) is 4.98 Å². The molecule has 1 unspecified atom stereocenters. The van der Waals surface area contributed by atoms with Crippen LogP contribution in [0.4, 0.5) is 17.5 Å². The lowest BCUT2D eigenvalue weighted by Crippen LogP contribution is -2.53. The highest BCUT2D eigenvalue weighted by Gasteiger charge is 2.40. The van der Waals surface area contributed by atoms with Gasteiger partial charge in [0, 0.05) is 29.7 Å². The van der Waals surface area contributed by atoms with Crippen LogP contribution in [0.15, 0.2) is 42.7 Å². The van der Waals surface area contributed by atoms with Crippen molar-refractivity contribution in [3.63, 3.8) is 0 Å². The standard InChI is InChI=1S/C17H22N6O/c1-11-17(24,10-22-11)13-4-6-14(7-5-13)20-8-2-3-12-9-21-16(19)23-15(12)18/h4-7,9,20,22,24H,1-3,8,10H2,(H4,18,19,21,23). The predicted octanol–water partition coefficient (Wildman–Crippen LogP) is 0.990. The van der Waals surface area contributed by atoms with E-state index >= 15 is 0 Å². The van der Waals surface area contributed by atoms with Gasteiger partial charge in [-0.2, -0.15) is 4.98 Å². The number of hydrogen-bond acceptors (Lipinski definition) is 7. The molecule has 24 heavy (non-hydrogen) atoms. The first-order chi connectivity index (χ1) is 11.5. The van der Waals surface area contributed by atoms with Gasteiger partial charge in [0.1, 0.15) is 11.4 Å². The Morgan fingerprint density at radius 3 is 2.62 bits per heavy atom. The van der Waals surface area contributed by atoms with Crippen LogP contribution in [0.2, 0.25) is 0 Å². The number of nitrogens with zero attached hydrogens (tertiary/aromatic N) is 2. The molecule has 2 heterocycles. The van der Waals surface area contributed by atoms with E-state index in [0.717, 1.165) is 36.2 Å². The molecule has 1 aromatic heterocycles. The van der Waals surface area contributed by atoms with E-state index in [-0.39, 0.29) is 5.95 Å². The molecule has 0 bridgehead atoms. The van der Waals surface area contributed by atoms with E-state index in [2.05, 4.69) is 27.2 Å². The van der Waals surface area contributed by atoms with E-state index in [1.807, 2.05) is 24.3 Å². The summed E-state index contributed by atoms with van der Waals surface area (Å²) in [4.78, 5) is 7.91. The number of hydrogen-bond donors (Lipinski definition) is 5. The lowest BCUT2D eigenvalue weighted by molar-refractivity contribution is 0.0282. The molecule has 0 spiro atoms. The second-order valence-corrected chi connectivity index (χ2v) is 5.94. The summed E-state index contributed by atoms with van der Waals surface area (Å²) in [6.45, 7) is 5.11. The van der Waals surface area contributed by atoms with Gasteiger partial charge in [0.05, 0.1) is 6.54 Å². The second kappa shape index (κ2) is 6.37. The van der Waals surface area contributed by atoms with Crippen molar-refractivity contribution < 1.29 is 5.11 Å². The van der Waals surface area contributed by atoms with Crippen molar-refractivity contribution >= 4 is 17.5 Å². The minimum Gasteiger partial charge on any atom is -0.385 e. The molecule has 2 aromatic rings. The maximum atomic E-state index is 10.4. The lowest BCUT2D eigenvalue weighted by Gasteiger charge is -2.41. The van der Waals surface area contributed by atoms with Gasteiger partial charge >= 0.3 is 0 Å². The molecule has 1 fully saturated rings. The molecule has 1 aliphatic heterocycles. The number of rotatable bonds is 6. The van der Waals surface area contributed by atoms with Crippen LogP contribution in [0.3, 0.4) is 0 Å². The van der Waals surface area contributed by atoms with Gasteiger partial charge in [0.15, 0.2) is 0 Å². The average Bonchev–Trinajstić information content (AvgIpc) is 2.58. The van der Waals surface area contributed by atoms with Gasteiger partial charge in [0.2, 0.25) is 5.95 Å². The number of nitrogen functional groups attached to an aromatic ring is 2. The summed E-state index contributed by atoms with van der Waals surface area (Å²) in [5.41, 5.74) is 13.8. The highest BCUT2D eigenvalue weighted by atomic mass is 16.3. The van der Waals surface area contributed by atoms with Crippen LogP contribution in [0, 0.1) is 0 Å². The Labute approximate surface area is 140 Å². The van der Waals surface area contributed by atoms with E-state index in [1.165, 1.54) is 0 Å². The summed E-state index contributed by atoms with van der Waals surface area (Å²) in [6.07, 6.45) is 3.35. The van der Waals surface area contributed by atoms with E-state index in [4.69, 9.17) is 11.5 Å². The fourth-order valence-electron chi connectivity index (χ4n) is 2.66. The normalized spacial score (nSPS) is 19.5. The van der Waals surface area contributed by atoms with Crippen molar-refractivity contribution in [1.29, 1.82) is 0 Å². The zero-order valence-corrected chi connectivity index (χ0v) is 13.4. The number of anilines is 3. The first-order valence-electron chi connectivity index (χ1n) is 7.86. The van der Waals surface area contributed by atoms with Gasteiger partial charge in [0.25, 0.3) is 0 Å². The third kappa shape index (κ3) is 3.11. The van der Waals surface area contributed by atoms with Crippen molar-refractivity contribution in [1.82, 2.24) is 15.3 Å². The van der Waals surface area contributed by atoms with Crippen LogP contribution >= 0.6 is 0 Å². The highest BCUT2D eigenvalue weighted by Crippen LogP contribution is 2.33. The Hall–Kier alpha value is -2.80. The smallest absolute Gasteiger partial charge is 0.221 e. The molecular formula is C17H22N6O. The third-order valence-electron chi connectivity index (χ3n) is 4.29. The maximum absolute atomic E-state index is 10.4. The molecule has 7 heteroatoms. The molecule has 0 radical (unpaired) electrons. The van der Waals surface area contributed by atoms with Crippen molar-refractivity contribution in [3.05, 3.63) is 53.9 Å². The summed E-state index contributed by atoms with van der Waals surface area (Å²) in [5.74, 6) is 0.634. The second-order valence-electron chi connectivity index (χ2n) is 5.94. The first-order valence-corrected chi connectivity index (χ1v) is 7.86. The SMILES string of the molecule is C=C1NCC1(O)c1ccc(NCCCc2cnc(N)nc2N)cc1. The molecule has 0 aliphatic carbocycles. The molecule has 0 amide bonds. The molecule has 7 nitrogen and oxygen atoms in total. The van der Waals surface area contributed by atoms with Crippen LogP contribution in [-0.2, 0) is 12.0 Å². The van der Waals surface area contributed by atoms with Crippen molar-refractivity contribution in [3.8, 4) is 0 Å². The topological polar surface area (TPSA) is 122 Å². The summed E-state index contributed by atoms with van der Waals surface area (Å²) in [6, 6.07) is 7.75. The van der Waals surface area contributed by atoms with Gasteiger partial charge in [-0.05, 0) is 30.5 Å². The molecule has 1 atom stereocenters. The number of aryl methyl sites for hydroxylation is 1. The Kier molecular flexibility index (Phi) is 4.26. The summed E-state index contributed by atoms with van der Waals surface area (Å²) in [7, 11) is 0. The molecule has 3 rings (SSSR count). The zero-order chi connectivity index (χ0) is 17.2. The number of benzene rings is 1. The van der Waals surface area contributed by atoms with E-state index in [1.54, 1.807) is 6.20 Å². The average molecular weight is 326 g/mol. The Morgan fingerprint density at radius 2 is 2.04 bits per heavy atom. The summed E-state index contributed by atoms with van der Waals surface area (Å²) < 4.78 is 0. The molecule has 0 saturated carbocycles. The number of nitrogens with two attached hydrogens (primary N) is 2. The molecule has 126 valence electrons. The minimum absolute atomic E-state index is 0.195. The monoisotopic (exact) mass is 326 g/mol. The lowest BCUT2D eigenvalue weighted by atomic mass is 9.85. The first kappa shape index (κ1) is 16.1. The zero-order valence-electron chi connectivity index (χ0n) is 13.4. The van der Waals surface area contributed by atoms with Gasteiger partial charge < -0.3 is 27.2 Å². The van der Waals surface area contributed by atoms with Crippen LogP contribution in [-0.4, -0.2) is 28.2 Å². The molecular weight excluding hydrogens is 304 g/mol. The maximum Gasteiger partial charge on any atom is 0.221 e. The van der Waals surface area contributed by atoms with Crippen molar-refractivity contribution in [2.75, 3.05) is 29.9 Å². The van der Waals surface area contributed by atoms with E-state index in [9.17, 15) is 5.11 Å². The largest absolute Gasteiger partial charge is 0.385 e. The number of β-amino-alcohol motifs (C(OH)–C–C–N with tert-alkyl or cyclic N) is 1. The van der Waals surface area contributed by atoms with Gasteiger partial charge in [-0.15, -0.1) is 0 Å². The Balaban J connectivity index is 1.49. The van der Waals surface area contributed by atoms with E-state index in [0.29, 0.717) is 18.1 Å². The quantitative estimate of drug-likeness (QED) is 0.502. The van der Waals surface area contributed by atoms with Gasteiger partial charge in [-0.1, -0.05) is 18.7 Å². The molecule has 1 saturated heterocycles. The number of aliphatic hydroxyl groups is 1. The Bertz CT molecular complexity index is 745. The van der Waals surface area contributed by atoms with Crippen LogP contribution in [0.1, 0.15) is 17.5 Å². The highest BCUT2D eigenvalue weighted by molar-refractivity contribution is 5.48. The number of nitrogens with one attached hydrogen (secondary N) is 2.